The number of carbonyl (C=O) groups excluding carboxylic acids is 1. The van der Waals surface area contributed by atoms with E-state index in [-0.39, 0.29) is 12.1 Å². The lowest BCUT2D eigenvalue weighted by Crippen LogP contribution is -2.29. The second kappa shape index (κ2) is 6.07. The Labute approximate surface area is 133 Å². The van der Waals surface area contributed by atoms with E-state index in [0.29, 0.717) is 12.4 Å². The van der Waals surface area contributed by atoms with E-state index in [4.69, 9.17) is 0 Å². The first-order valence-electron chi connectivity index (χ1n) is 7.39. The van der Waals surface area contributed by atoms with Gasteiger partial charge in [0, 0.05) is 24.2 Å². The van der Waals surface area contributed by atoms with Crippen LogP contribution in [0.1, 0.15) is 25.7 Å². The number of carbonyl (C=O) groups is 1. The zero-order chi connectivity index (χ0) is 16.4. The predicted octanol–water partition coefficient (Wildman–Crippen LogP) is 2.07. The number of nitrogens with one attached hydrogen (secondary N) is 2. The van der Waals surface area contributed by atoms with Crippen LogP contribution in [0.25, 0.3) is 10.9 Å². The van der Waals surface area contributed by atoms with Gasteiger partial charge in [0.2, 0.25) is 0 Å². The molecule has 23 heavy (non-hydrogen) atoms. The summed E-state index contributed by atoms with van der Waals surface area (Å²) in [6, 6.07) is 5.69. The number of nitrogens with zero attached hydrogens (tertiary/aromatic N) is 5. The van der Waals surface area contributed by atoms with E-state index in [9.17, 15) is 4.79 Å². The third kappa shape index (κ3) is 3.15. The van der Waals surface area contributed by atoms with Gasteiger partial charge >= 0.3 is 6.03 Å². The zero-order valence-electron chi connectivity index (χ0n) is 13.3. The minimum Gasteiger partial charge on any atom is -0.331 e. The third-order valence-corrected chi connectivity index (χ3v) is 3.56. The number of hydrogen-bond acceptors (Lipinski definition) is 4. The van der Waals surface area contributed by atoms with Gasteiger partial charge in [-0.3, -0.25) is 9.36 Å². The number of aryl methyl sites for hydroxylation is 1. The van der Waals surface area contributed by atoms with Crippen molar-refractivity contribution in [3.05, 3.63) is 36.5 Å². The van der Waals surface area contributed by atoms with E-state index >= 15 is 0 Å². The van der Waals surface area contributed by atoms with Crippen LogP contribution in [0, 0.1) is 0 Å². The quantitative estimate of drug-likeness (QED) is 0.771. The molecule has 2 N–H and O–H groups in total. The molecule has 8 nitrogen and oxygen atoms in total. The molecule has 0 aliphatic rings. The van der Waals surface area contributed by atoms with Crippen molar-refractivity contribution in [2.75, 3.05) is 5.32 Å². The first-order valence-corrected chi connectivity index (χ1v) is 7.39. The SMILES string of the molecule is CC(C)n1ncc2ccc(NC(=O)NCc3ncnn3C)cc21. The van der Waals surface area contributed by atoms with E-state index in [1.54, 1.807) is 11.7 Å². The number of amides is 2. The average Bonchev–Trinajstić information content (AvgIpc) is 3.10. The molecule has 3 aromatic rings. The molecule has 3 rings (SSSR count). The summed E-state index contributed by atoms with van der Waals surface area (Å²) in [5, 5.41) is 14.9. The van der Waals surface area contributed by atoms with Gasteiger partial charge in [-0.15, -0.1) is 0 Å². The molecule has 0 bridgehead atoms. The van der Waals surface area contributed by atoms with Crippen LogP contribution in [-0.4, -0.2) is 30.6 Å². The molecule has 0 aliphatic heterocycles. The van der Waals surface area contributed by atoms with Crippen molar-refractivity contribution in [1.29, 1.82) is 0 Å². The predicted molar refractivity (Wildman–Crippen MR) is 87.0 cm³/mol. The first kappa shape index (κ1) is 15.0. The van der Waals surface area contributed by atoms with Gasteiger partial charge in [0.1, 0.15) is 12.2 Å². The summed E-state index contributed by atoms with van der Waals surface area (Å²) in [5.41, 5.74) is 1.71. The number of rotatable bonds is 4. The molecule has 0 aliphatic carbocycles. The fraction of sp³-hybridized carbons (Fsp3) is 0.333. The molecule has 2 heterocycles. The number of urea groups is 1. The summed E-state index contributed by atoms with van der Waals surface area (Å²) < 4.78 is 3.55. The Morgan fingerprint density at radius 3 is 2.83 bits per heavy atom. The van der Waals surface area contributed by atoms with Gasteiger partial charge in [-0.05, 0) is 32.0 Å². The van der Waals surface area contributed by atoms with Crippen molar-refractivity contribution in [2.45, 2.75) is 26.4 Å². The highest BCUT2D eigenvalue weighted by molar-refractivity contribution is 5.92. The maximum atomic E-state index is 12.0. The van der Waals surface area contributed by atoms with Crippen LogP contribution in [0.2, 0.25) is 0 Å². The molecule has 2 amide bonds. The van der Waals surface area contributed by atoms with Crippen LogP contribution in [0.3, 0.4) is 0 Å². The molecule has 0 fully saturated rings. The summed E-state index contributed by atoms with van der Waals surface area (Å²) in [4.78, 5) is 16.1. The number of benzene rings is 1. The normalized spacial score (nSPS) is 11.1. The lowest BCUT2D eigenvalue weighted by molar-refractivity contribution is 0.251. The van der Waals surface area contributed by atoms with E-state index in [2.05, 4.69) is 39.7 Å². The second-order valence-corrected chi connectivity index (χ2v) is 5.56. The Bertz CT molecular complexity index is 833. The maximum absolute atomic E-state index is 12.0. The van der Waals surface area contributed by atoms with Gasteiger partial charge in [0.05, 0.1) is 18.3 Å². The van der Waals surface area contributed by atoms with Crippen molar-refractivity contribution < 1.29 is 4.79 Å². The highest BCUT2D eigenvalue weighted by Crippen LogP contribution is 2.21. The van der Waals surface area contributed by atoms with Crippen molar-refractivity contribution >= 4 is 22.6 Å². The molecule has 0 atom stereocenters. The minimum absolute atomic E-state index is 0.257. The lowest BCUT2D eigenvalue weighted by Gasteiger charge is -2.10. The fourth-order valence-corrected chi connectivity index (χ4v) is 2.34. The molecule has 120 valence electrons. The zero-order valence-corrected chi connectivity index (χ0v) is 13.3. The standard InChI is InChI=1S/C15H19N7O/c1-10(2)22-13-6-12(5-4-11(13)7-18-22)20-15(23)16-8-14-17-9-19-21(14)3/h4-7,9-10H,8H2,1-3H3,(H2,16,20,23). The van der Waals surface area contributed by atoms with Gasteiger partial charge < -0.3 is 10.6 Å². The molecule has 8 heteroatoms. The second-order valence-electron chi connectivity index (χ2n) is 5.56. The van der Waals surface area contributed by atoms with Gasteiger partial charge in [-0.1, -0.05) is 0 Å². The summed E-state index contributed by atoms with van der Waals surface area (Å²) in [6.07, 6.45) is 3.28. The molecular formula is C15H19N7O. The maximum Gasteiger partial charge on any atom is 0.319 e. The fourth-order valence-electron chi connectivity index (χ4n) is 2.34. The molecule has 1 aromatic carbocycles. The number of fused-ring (bicyclic) bond motifs is 1. The monoisotopic (exact) mass is 313 g/mol. The van der Waals surface area contributed by atoms with E-state index < -0.39 is 0 Å². The first-order chi connectivity index (χ1) is 11.0. The van der Waals surface area contributed by atoms with Crippen molar-refractivity contribution in [3.8, 4) is 0 Å². The minimum atomic E-state index is -0.289. The van der Waals surface area contributed by atoms with Crippen LogP contribution < -0.4 is 10.6 Å². The molecular weight excluding hydrogens is 294 g/mol. The Kier molecular flexibility index (Phi) is 3.96. The highest BCUT2D eigenvalue weighted by atomic mass is 16.2. The van der Waals surface area contributed by atoms with E-state index in [0.717, 1.165) is 16.6 Å². The lowest BCUT2D eigenvalue weighted by atomic mass is 10.2. The van der Waals surface area contributed by atoms with Crippen molar-refractivity contribution in [3.63, 3.8) is 0 Å². The van der Waals surface area contributed by atoms with E-state index in [1.807, 2.05) is 29.1 Å². The Morgan fingerprint density at radius 1 is 1.30 bits per heavy atom. The number of hydrogen-bond donors (Lipinski definition) is 2. The van der Waals surface area contributed by atoms with Gasteiger partial charge in [-0.25, -0.2) is 9.78 Å². The van der Waals surface area contributed by atoms with Crippen LogP contribution in [0.4, 0.5) is 10.5 Å². The van der Waals surface area contributed by atoms with Gasteiger partial charge in [0.25, 0.3) is 0 Å². The topological polar surface area (TPSA) is 89.7 Å². The Morgan fingerprint density at radius 2 is 2.13 bits per heavy atom. The molecule has 0 saturated carbocycles. The molecule has 0 radical (unpaired) electrons. The molecule has 0 saturated heterocycles. The van der Waals surface area contributed by atoms with Gasteiger partial charge in [-0.2, -0.15) is 10.2 Å². The number of anilines is 1. The summed E-state index contributed by atoms with van der Waals surface area (Å²) in [5.74, 6) is 0.688. The van der Waals surface area contributed by atoms with Crippen molar-refractivity contribution in [1.82, 2.24) is 29.9 Å². The highest BCUT2D eigenvalue weighted by Gasteiger charge is 2.09. The third-order valence-electron chi connectivity index (χ3n) is 3.56. The summed E-state index contributed by atoms with van der Waals surface area (Å²) >= 11 is 0. The smallest absolute Gasteiger partial charge is 0.319 e. The molecule has 0 unspecified atom stereocenters. The summed E-state index contributed by atoms with van der Waals surface area (Å²) in [7, 11) is 1.78. The van der Waals surface area contributed by atoms with Gasteiger partial charge in [0.15, 0.2) is 0 Å². The van der Waals surface area contributed by atoms with E-state index in [1.165, 1.54) is 6.33 Å². The average molecular weight is 313 g/mol. The van der Waals surface area contributed by atoms with Crippen LogP contribution in [-0.2, 0) is 13.6 Å². The Balaban J connectivity index is 1.69. The van der Waals surface area contributed by atoms with Crippen LogP contribution in [0.15, 0.2) is 30.7 Å². The van der Waals surface area contributed by atoms with Crippen LogP contribution >= 0.6 is 0 Å². The summed E-state index contributed by atoms with van der Waals surface area (Å²) in [6.45, 7) is 4.45. The largest absolute Gasteiger partial charge is 0.331 e. The Hall–Kier alpha value is -2.90. The van der Waals surface area contributed by atoms with Crippen LogP contribution in [0.5, 0.6) is 0 Å². The molecule has 0 spiro atoms. The van der Waals surface area contributed by atoms with Crippen molar-refractivity contribution in [2.24, 2.45) is 7.05 Å². The molecule has 2 aromatic heterocycles. The number of aromatic nitrogens is 5.